The van der Waals surface area contributed by atoms with E-state index in [0.29, 0.717) is 24.5 Å². The number of pyridine rings is 1. The molecule has 1 aliphatic rings. The molecule has 28 heavy (non-hydrogen) atoms. The van der Waals surface area contributed by atoms with Gasteiger partial charge >= 0.3 is 0 Å². The number of likely N-dealkylation sites (tertiary alicyclic amines) is 1. The Bertz CT molecular complexity index is 743. The smallest absolute Gasteiger partial charge is 0.257 e. The van der Waals surface area contributed by atoms with Gasteiger partial charge in [0.1, 0.15) is 5.75 Å². The Morgan fingerprint density at radius 2 is 1.89 bits per heavy atom. The largest absolute Gasteiger partial charge is 0.493 e. The molecule has 0 atom stereocenters. The van der Waals surface area contributed by atoms with E-state index in [2.05, 4.69) is 21.7 Å². The lowest BCUT2D eigenvalue weighted by atomic mass is 10.0. The zero-order valence-corrected chi connectivity index (χ0v) is 17.0. The Hall–Kier alpha value is -2.40. The predicted molar refractivity (Wildman–Crippen MR) is 112 cm³/mol. The molecule has 1 saturated heterocycles. The van der Waals surface area contributed by atoms with Crippen LogP contribution in [0.3, 0.4) is 0 Å². The number of hydrogen-bond donors (Lipinski definition) is 0. The van der Waals surface area contributed by atoms with Gasteiger partial charge in [-0.1, -0.05) is 25.1 Å². The summed E-state index contributed by atoms with van der Waals surface area (Å²) in [5, 5.41) is 0. The van der Waals surface area contributed by atoms with Gasteiger partial charge in [-0.25, -0.2) is 0 Å². The van der Waals surface area contributed by atoms with Crippen LogP contribution in [0.25, 0.3) is 0 Å². The predicted octanol–water partition coefficient (Wildman–Crippen LogP) is 3.65. The summed E-state index contributed by atoms with van der Waals surface area (Å²) in [6, 6.07) is 13.8. The van der Waals surface area contributed by atoms with Crippen LogP contribution in [0.2, 0.25) is 0 Å². The van der Waals surface area contributed by atoms with E-state index in [4.69, 9.17) is 4.74 Å². The number of hydrogen-bond acceptors (Lipinski definition) is 4. The van der Waals surface area contributed by atoms with E-state index in [-0.39, 0.29) is 11.9 Å². The Balaban J connectivity index is 1.80. The Labute approximate surface area is 168 Å². The van der Waals surface area contributed by atoms with Gasteiger partial charge in [-0.05, 0) is 50.6 Å². The maximum atomic E-state index is 13.5. The van der Waals surface area contributed by atoms with E-state index >= 15 is 0 Å². The Morgan fingerprint density at radius 3 is 2.57 bits per heavy atom. The average molecular weight is 382 g/mol. The molecule has 1 aliphatic heterocycles. The molecule has 2 heterocycles. The molecular weight excluding hydrogens is 350 g/mol. The molecule has 1 amide bonds. The molecule has 150 valence electrons. The number of nitrogens with zero attached hydrogens (tertiary/aromatic N) is 3. The minimum Gasteiger partial charge on any atom is -0.493 e. The molecular formula is C23H31N3O2. The van der Waals surface area contributed by atoms with Gasteiger partial charge in [-0.2, -0.15) is 0 Å². The molecule has 3 rings (SSSR count). The number of rotatable bonds is 8. The molecule has 0 N–H and O–H groups in total. The topological polar surface area (TPSA) is 45.7 Å². The Kier molecular flexibility index (Phi) is 7.43. The number of amides is 1. The fourth-order valence-electron chi connectivity index (χ4n) is 3.86. The van der Waals surface area contributed by atoms with Crippen molar-refractivity contribution < 1.29 is 9.53 Å². The molecule has 0 radical (unpaired) electrons. The quantitative estimate of drug-likeness (QED) is 0.700. The number of carbonyl (C=O) groups is 1. The van der Waals surface area contributed by atoms with Crippen LogP contribution in [0.1, 0.15) is 42.7 Å². The molecule has 5 nitrogen and oxygen atoms in total. The fourth-order valence-corrected chi connectivity index (χ4v) is 3.86. The van der Waals surface area contributed by atoms with E-state index in [1.54, 1.807) is 0 Å². The normalized spacial score (nSPS) is 15.4. The highest BCUT2D eigenvalue weighted by atomic mass is 16.5. The zero-order chi connectivity index (χ0) is 19.8. The third-order valence-corrected chi connectivity index (χ3v) is 5.46. The maximum Gasteiger partial charge on any atom is 0.257 e. The van der Waals surface area contributed by atoms with Gasteiger partial charge in [0.05, 0.1) is 12.2 Å². The summed E-state index contributed by atoms with van der Waals surface area (Å²) in [4.78, 5) is 22.5. The molecule has 0 unspecified atom stereocenters. The lowest BCUT2D eigenvalue weighted by Crippen LogP contribution is -2.48. The summed E-state index contributed by atoms with van der Waals surface area (Å²) in [5.41, 5.74) is 1.67. The monoisotopic (exact) mass is 381 g/mol. The first-order valence-electron chi connectivity index (χ1n) is 10.4. The van der Waals surface area contributed by atoms with Crippen LogP contribution in [0.4, 0.5) is 0 Å². The van der Waals surface area contributed by atoms with E-state index in [9.17, 15) is 4.79 Å². The van der Waals surface area contributed by atoms with Crippen LogP contribution in [0.15, 0.2) is 48.7 Å². The number of para-hydroxylation sites is 1. The van der Waals surface area contributed by atoms with Crippen LogP contribution in [-0.4, -0.2) is 59.5 Å². The van der Waals surface area contributed by atoms with Gasteiger partial charge in [-0.3, -0.25) is 9.78 Å². The number of piperidine rings is 1. The standard InChI is InChI=1S/C23H31N3O2/c1-3-25-16-13-20(14-17-25)26(18-12-19-9-7-8-15-24-19)23(27)21-10-5-6-11-22(21)28-4-2/h5-11,15,20H,3-4,12-14,16-18H2,1-2H3. The third kappa shape index (κ3) is 5.10. The van der Waals surface area contributed by atoms with Gasteiger partial charge in [0.2, 0.25) is 0 Å². The van der Waals surface area contributed by atoms with Gasteiger partial charge in [0.25, 0.3) is 5.91 Å². The second-order valence-electron chi connectivity index (χ2n) is 7.16. The lowest BCUT2D eigenvalue weighted by molar-refractivity contribution is 0.0575. The van der Waals surface area contributed by atoms with E-state index in [1.165, 1.54) is 0 Å². The van der Waals surface area contributed by atoms with Crippen molar-refractivity contribution in [3.8, 4) is 5.75 Å². The molecule has 2 aromatic rings. The van der Waals surface area contributed by atoms with Crippen molar-refractivity contribution in [3.63, 3.8) is 0 Å². The summed E-state index contributed by atoms with van der Waals surface area (Å²) in [6.07, 6.45) is 4.60. The zero-order valence-electron chi connectivity index (χ0n) is 17.0. The van der Waals surface area contributed by atoms with Crippen molar-refractivity contribution in [2.24, 2.45) is 0 Å². The maximum absolute atomic E-state index is 13.5. The number of aromatic nitrogens is 1. The minimum absolute atomic E-state index is 0.0647. The van der Waals surface area contributed by atoms with Gasteiger partial charge in [-0.15, -0.1) is 0 Å². The van der Waals surface area contributed by atoms with Crippen molar-refractivity contribution in [1.29, 1.82) is 0 Å². The third-order valence-electron chi connectivity index (χ3n) is 5.46. The van der Waals surface area contributed by atoms with Crippen molar-refractivity contribution >= 4 is 5.91 Å². The van der Waals surface area contributed by atoms with Gasteiger partial charge < -0.3 is 14.5 Å². The van der Waals surface area contributed by atoms with Crippen LogP contribution in [0.5, 0.6) is 5.75 Å². The van der Waals surface area contributed by atoms with Gasteiger partial charge in [0.15, 0.2) is 0 Å². The summed E-state index contributed by atoms with van der Waals surface area (Å²) in [6.45, 7) is 8.52. The minimum atomic E-state index is 0.0647. The summed E-state index contributed by atoms with van der Waals surface area (Å²) >= 11 is 0. The highest BCUT2D eigenvalue weighted by Crippen LogP contribution is 2.24. The molecule has 1 aromatic heterocycles. The first kappa shape index (κ1) is 20.3. The van der Waals surface area contributed by atoms with Crippen LogP contribution in [-0.2, 0) is 6.42 Å². The second-order valence-corrected chi connectivity index (χ2v) is 7.16. The molecule has 0 spiro atoms. The van der Waals surface area contributed by atoms with Crippen LogP contribution >= 0.6 is 0 Å². The van der Waals surface area contributed by atoms with Crippen molar-refractivity contribution in [2.75, 3.05) is 32.8 Å². The molecule has 1 aromatic carbocycles. The van der Waals surface area contributed by atoms with E-state index < -0.39 is 0 Å². The van der Waals surface area contributed by atoms with Gasteiger partial charge in [0, 0.05) is 44.0 Å². The average Bonchev–Trinajstić information content (AvgIpc) is 2.75. The number of ether oxygens (including phenoxy) is 1. The van der Waals surface area contributed by atoms with Crippen molar-refractivity contribution in [2.45, 2.75) is 39.2 Å². The molecule has 0 aliphatic carbocycles. The van der Waals surface area contributed by atoms with E-state index in [0.717, 1.165) is 44.6 Å². The second kappa shape index (κ2) is 10.2. The van der Waals surface area contributed by atoms with Crippen LogP contribution in [0, 0.1) is 0 Å². The molecule has 1 fully saturated rings. The number of carbonyl (C=O) groups excluding carboxylic acids is 1. The SMILES string of the molecule is CCOc1ccccc1C(=O)N(CCc1ccccn1)C1CCN(CC)CC1. The summed E-state index contributed by atoms with van der Waals surface area (Å²) in [5.74, 6) is 0.735. The van der Waals surface area contributed by atoms with Crippen LogP contribution < -0.4 is 4.74 Å². The Morgan fingerprint density at radius 1 is 1.14 bits per heavy atom. The number of benzene rings is 1. The first-order valence-corrected chi connectivity index (χ1v) is 10.4. The highest BCUT2D eigenvalue weighted by molar-refractivity contribution is 5.97. The fraction of sp³-hybridized carbons (Fsp3) is 0.478. The molecule has 0 saturated carbocycles. The first-order chi connectivity index (χ1) is 13.7. The molecule has 0 bridgehead atoms. The summed E-state index contributed by atoms with van der Waals surface area (Å²) < 4.78 is 5.72. The van der Waals surface area contributed by atoms with E-state index in [1.807, 2.05) is 55.6 Å². The van der Waals surface area contributed by atoms with Crippen molar-refractivity contribution in [3.05, 3.63) is 59.9 Å². The molecule has 5 heteroatoms. The highest BCUT2D eigenvalue weighted by Gasteiger charge is 2.29. The van der Waals surface area contributed by atoms with Crippen molar-refractivity contribution in [1.82, 2.24) is 14.8 Å². The lowest BCUT2D eigenvalue weighted by Gasteiger charge is -2.38. The summed E-state index contributed by atoms with van der Waals surface area (Å²) in [7, 11) is 0.